The van der Waals surface area contributed by atoms with Crippen molar-refractivity contribution < 1.29 is 24.5 Å². The Hall–Kier alpha value is -2.18. The predicted octanol–water partition coefficient (Wildman–Crippen LogP) is 16.2. The SMILES string of the molecule is CCCCC/C=C\C/C=C\CCCCCCCC(=O)OCCCCCCCC/C=C\CCCCCCCCCC(=O)NC(CO)C(O)/C=C/CCCCCCCCCCCCC. The van der Waals surface area contributed by atoms with Crippen molar-refractivity contribution >= 4 is 11.9 Å². The van der Waals surface area contributed by atoms with Crippen LogP contribution < -0.4 is 5.32 Å². The number of esters is 1. The van der Waals surface area contributed by atoms with E-state index in [1.165, 1.54) is 180 Å². The standard InChI is InChI=1S/C56H103NO5/c1-3-5-7-9-11-13-15-17-21-26-30-34-38-42-46-50-56(61)62-51-47-43-39-35-31-27-23-20-18-19-22-25-29-33-37-41-45-49-55(60)57-53(52-58)54(59)48-44-40-36-32-28-24-16-14-12-10-8-6-4-2/h11,13,17-18,20-21,44,48,53-54,58-59H,3-10,12,14-16,19,22-43,45-47,49-52H2,1-2H3,(H,57,60)/b13-11-,20-18-,21-17-,48-44+. The maximum atomic E-state index is 12.4. The molecule has 0 aliphatic rings. The van der Waals surface area contributed by atoms with E-state index in [1.54, 1.807) is 6.08 Å². The van der Waals surface area contributed by atoms with Crippen LogP contribution in [0.3, 0.4) is 0 Å². The van der Waals surface area contributed by atoms with E-state index in [0.29, 0.717) is 19.4 Å². The van der Waals surface area contributed by atoms with Gasteiger partial charge in [0.15, 0.2) is 0 Å². The molecule has 0 aromatic rings. The van der Waals surface area contributed by atoms with Crippen LogP contribution in [0.4, 0.5) is 0 Å². The van der Waals surface area contributed by atoms with Crippen LogP contribution in [0.15, 0.2) is 48.6 Å². The Bertz CT molecular complexity index is 1050. The fourth-order valence-corrected chi connectivity index (χ4v) is 7.89. The van der Waals surface area contributed by atoms with Crippen molar-refractivity contribution in [1.29, 1.82) is 0 Å². The topological polar surface area (TPSA) is 95.9 Å². The summed E-state index contributed by atoms with van der Waals surface area (Å²) < 4.78 is 5.46. The van der Waals surface area contributed by atoms with Crippen LogP contribution in [-0.4, -0.2) is 47.4 Å². The van der Waals surface area contributed by atoms with Crippen molar-refractivity contribution in [3.63, 3.8) is 0 Å². The second-order valence-electron chi connectivity index (χ2n) is 18.2. The summed E-state index contributed by atoms with van der Waals surface area (Å²) in [6.07, 6.45) is 64.0. The van der Waals surface area contributed by atoms with Crippen molar-refractivity contribution in [2.45, 2.75) is 283 Å². The van der Waals surface area contributed by atoms with Crippen molar-refractivity contribution in [3.05, 3.63) is 48.6 Å². The summed E-state index contributed by atoms with van der Waals surface area (Å²) >= 11 is 0. The average Bonchev–Trinajstić information content (AvgIpc) is 3.27. The maximum Gasteiger partial charge on any atom is 0.305 e. The smallest absolute Gasteiger partial charge is 0.305 e. The Morgan fingerprint density at radius 3 is 1.27 bits per heavy atom. The second-order valence-corrected chi connectivity index (χ2v) is 18.2. The highest BCUT2D eigenvalue weighted by Gasteiger charge is 2.18. The van der Waals surface area contributed by atoms with Crippen LogP contribution in [0.2, 0.25) is 0 Å². The van der Waals surface area contributed by atoms with Crippen molar-refractivity contribution in [2.75, 3.05) is 13.2 Å². The molecule has 0 saturated carbocycles. The Morgan fingerprint density at radius 2 is 0.806 bits per heavy atom. The number of carbonyl (C=O) groups is 2. The van der Waals surface area contributed by atoms with Gasteiger partial charge in [-0.3, -0.25) is 9.59 Å². The molecule has 0 spiro atoms. The molecule has 6 heteroatoms. The number of aliphatic hydroxyl groups is 2. The van der Waals surface area contributed by atoms with E-state index in [9.17, 15) is 19.8 Å². The minimum atomic E-state index is -0.852. The van der Waals surface area contributed by atoms with E-state index in [1.807, 2.05) is 6.08 Å². The second kappa shape index (κ2) is 51.5. The molecule has 362 valence electrons. The third kappa shape index (κ3) is 47.3. The largest absolute Gasteiger partial charge is 0.466 e. The summed E-state index contributed by atoms with van der Waals surface area (Å²) in [6.45, 7) is 4.84. The molecule has 0 radical (unpaired) electrons. The molecule has 0 rings (SSSR count). The summed E-state index contributed by atoms with van der Waals surface area (Å²) in [6, 6.07) is -0.637. The fourth-order valence-electron chi connectivity index (χ4n) is 7.89. The zero-order valence-corrected chi connectivity index (χ0v) is 41.1. The van der Waals surface area contributed by atoms with E-state index in [4.69, 9.17) is 4.74 Å². The molecule has 0 aromatic heterocycles. The molecule has 0 aliphatic heterocycles. The van der Waals surface area contributed by atoms with Gasteiger partial charge in [-0.2, -0.15) is 0 Å². The van der Waals surface area contributed by atoms with Gasteiger partial charge in [0.05, 0.1) is 25.4 Å². The lowest BCUT2D eigenvalue weighted by atomic mass is 10.0. The molecule has 2 unspecified atom stereocenters. The van der Waals surface area contributed by atoms with Crippen molar-refractivity contribution in [3.8, 4) is 0 Å². The molecule has 2 atom stereocenters. The quantitative estimate of drug-likeness (QED) is 0.0322. The minimum Gasteiger partial charge on any atom is -0.466 e. The van der Waals surface area contributed by atoms with Crippen LogP contribution in [-0.2, 0) is 14.3 Å². The summed E-state index contributed by atoms with van der Waals surface area (Å²) in [4.78, 5) is 24.4. The van der Waals surface area contributed by atoms with Crippen LogP contribution in [0.5, 0.6) is 0 Å². The van der Waals surface area contributed by atoms with Crippen LogP contribution >= 0.6 is 0 Å². The zero-order valence-electron chi connectivity index (χ0n) is 41.1. The van der Waals surface area contributed by atoms with E-state index in [-0.39, 0.29) is 18.5 Å². The molecular weight excluding hydrogens is 767 g/mol. The van der Waals surface area contributed by atoms with Gasteiger partial charge in [-0.15, -0.1) is 0 Å². The number of ether oxygens (including phenoxy) is 1. The predicted molar refractivity (Wildman–Crippen MR) is 269 cm³/mol. The summed E-state index contributed by atoms with van der Waals surface area (Å²) in [5.41, 5.74) is 0. The van der Waals surface area contributed by atoms with Gasteiger partial charge in [-0.25, -0.2) is 0 Å². The average molecular weight is 870 g/mol. The molecule has 0 fully saturated rings. The zero-order chi connectivity index (χ0) is 45.1. The number of nitrogens with one attached hydrogen (secondary N) is 1. The Kier molecular flexibility index (Phi) is 49.6. The van der Waals surface area contributed by atoms with Crippen molar-refractivity contribution in [2.24, 2.45) is 0 Å². The highest BCUT2D eigenvalue weighted by Crippen LogP contribution is 2.15. The third-order valence-electron chi connectivity index (χ3n) is 12.1. The number of unbranched alkanes of at least 4 members (excludes halogenated alkanes) is 32. The van der Waals surface area contributed by atoms with E-state index >= 15 is 0 Å². The Morgan fingerprint density at radius 1 is 0.452 bits per heavy atom. The van der Waals surface area contributed by atoms with Crippen LogP contribution in [0.25, 0.3) is 0 Å². The summed E-state index contributed by atoms with van der Waals surface area (Å²) in [7, 11) is 0. The number of allylic oxidation sites excluding steroid dienone is 7. The lowest BCUT2D eigenvalue weighted by Crippen LogP contribution is -2.45. The van der Waals surface area contributed by atoms with Gasteiger partial charge in [-0.1, -0.05) is 217 Å². The molecule has 1 amide bonds. The highest BCUT2D eigenvalue weighted by molar-refractivity contribution is 5.76. The van der Waals surface area contributed by atoms with Gasteiger partial charge >= 0.3 is 5.97 Å². The van der Waals surface area contributed by atoms with Gasteiger partial charge in [0.25, 0.3) is 0 Å². The number of rotatable bonds is 49. The highest BCUT2D eigenvalue weighted by atomic mass is 16.5. The normalized spacial score (nSPS) is 13.0. The van der Waals surface area contributed by atoms with Crippen molar-refractivity contribution in [1.82, 2.24) is 5.32 Å². The number of hydrogen-bond donors (Lipinski definition) is 3. The molecule has 0 saturated heterocycles. The molecular formula is C56H103NO5. The molecule has 3 N–H and O–H groups in total. The molecule has 0 aromatic carbocycles. The van der Waals surface area contributed by atoms with Gasteiger partial charge in [-0.05, 0) is 89.9 Å². The van der Waals surface area contributed by atoms with Gasteiger partial charge in [0, 0.05) is 12.8 Å². The van der Waals surface area contributed by atoms with E-state index in [0.717, 1.165) is 64.2 Å². The van der Waals surface area contributed by atoms with Gasteiger partial charge < -0.3 is 20.3 Å². The minimum absolute atomic E-state index is 0.0176. The molecule has 0 heterocycles. The van der Waals surface area contributed by atoms with Crippen LogP contribution in [0, 0.1) is 0 Å². The first-order valence-corrected chi connectivity index (χ1v) is 26.9. The maximum absolute atomic E-state index is 12.4. The first kappa shape index (κ1) is 59.8. The Balaban J connectivity index is 3.50. The number of amides is 1. The summed E-state index contributed by atoms with van der Waals surface area (Å²) in [5.74, 6) is -0.0995. The number of aliphatic hydroxyl groups excluding tert-OH is 2. The molecule has 6 nitrogen and oxygen atoms in total. The van der Waals surface area contributed by atoms with Gasteiger partial charge in [0.2, 0.25) is 5.91 Å². The lowest BCUT2D eigenvalue weighted by Gasteiger charge is -2.20. The summed E-state index contributed by atoms with van der Waals surface area (Å²) in [5, 5.41) is 23.0. The first-order chi connectivity index (χ1) is 30.5. The molecule has 0 bridgehead atoms. The van der Waals surface area contributed by atoms with Crippen LogP contribution in [0.1, 0.15) is 271 Å². The first-order valence-electron chi connectivity index (χ1n) is 26.9. The van der Waals surface area contributed by atoms with Gasteiger partial charge in [0.1, 0.15) is 0 Å². The lowest BCUT2D eigenvalue weighted by molar-refractivity contribution is -0.143. The van der Waals surface area contributed by atoms with E-state index in [2.05, 4.69) is 55.6 Å². The third-order valence-corrected chi connectivity index (χ3v) is 12.1. The monoisotopic (exact) mass is 870 g/mol. The Labute approximate surface area is 385 Å². The molecule has 62 heavy (non-hydrogen) atoms. The number of carbonyl (C=O) groups excluding carboxylic acids is 2. The van der Waals surface area contributed by atoms with E-state index < -0.39 is 12.1 Å². The molecule has 0 aliphatic carbocycles. The fraction of sp³-hybridized carbons (Fsp3) is 0.821. The number of hydrogen-bond acceptors (Lipinski definition) is 5.